The summed E-state index contributed by atoms with van der Waals surface area (Å²) in [5.41, 5.74) is 2.62. The third-order valence-corrected chi connectivity index (χ3v) is 1.75. The van der Waals surface area contributed by atoms with Gasteiger partial charge in [-0.05, 0) is 12.8 Å². The third-order valence-electron chi connectivity index (χ3n) is 1.75. The Morgan fingerprint density at radius 1 is 1.55 bits per heavy atom. The van der Waals surface area contributed by atoms with E-state index in [-0.39, 0.29) is 0 Å². The van der Waals surface area contributed by atoms with Crippen molar-refractivity contribution >= 4 is 5.84 Å². The highest BCUT2D eigenvalue weighted by Crippen LogP contribution is 2.05. The van der Waals surface area contributed by atoms with Crippen LogP contribution in [0.4, 0.5) is 0 Å². The number of nitrogens with one attached hydrogen (secondary N) is 1. The molecule has 0 saturated heterocycles. The van der Waals surface area contributed by atoms with E-state index in [1.807, 2.05) is 6.92 Å². The number of aliphatic imine (C=N–C) groups is 1. The molecule has 1 atom stereocenters. The number of amidine groups is 1. The third kappa shape index (κ3) is 4.79. The highest BCUT2D eigenvalue weighted by molar-refractivity contribution is 5.81. The van der Waals surface area contributed by atoms with Crippen molar-refractivity contribution in [3.63, 3.8) is 0 Å². The van der Waals surface area contributed by atoms with Gasteiger partial charge in [-0.25, -0.2) is 5.84 Å². The zero-order valence-electron chi connectivity index (χ0n) is 7.72. The van der Waals surface area contributed by atoms with Gasteiger partial charge in [0.1, 0.15) is 5.84 Å². The van der Waals surface area contributed by atoms with E-state index in [0.717, 1.165) is 18.8 Å². The Morgan fingerprint density at radius 3 is 2.55 bits per heavy atom. The second-order valence-corrected chi connectivity index (χ2v) is 2.78. The van der Waals surface area contributed by atoms with Crippen molar-refractivity contribution in [1.82, 2.24) is 5.43 Å². The topological polar surface area (TPSA) is 50.4 Å². The van der Waals surface area contributed by atoms with Crippen LogP contribution in [0.3, 0.4) is 0 Å². The van der Waals surface area contributed by atoms with E-state index in [1.165, 1.54) is 6.42 Å². The van der Waals surface area contributed by atoms with Crippen LogP contribution in [0.2, 0.25) is 0 Å². The molecule has 0 spiro atoms. The second-order valence-electron chi connectivity index (χ2n) is 2.78. The number of nitrogens with zero attached hydrogens (tertiary/aromatic N) is 1. The minimum absolute atomic E-state index is 0.663. The average Bonchev–Trinajstić information content (AvgIpc) is 2.03. The van der Waals surface area contributed by atoms with E-state index in [9.17, 15) is 0 Å². The van der Waals surface area contributed by atoms with Crippen LogP contribution in [0.1, 0.15) is 33.6 Å². The van der Waals surface area contributed by atoms with Gasteiger partial charge in [-0.15, -0.1) is 0 Å². The highest BCUT2D eigenvalue weighted by atomic mass is 15.2. The van der Waals surface area contributed by atoms with Crippen molar-refractivity contribution in [2.75, 3.05) is 6.54 Å². The molecule has 0 heterocycles. The molecule has 3 heteroatoms. The smallest absolute Gasteiger partial charge is 0.110 e. The Balaban J connectivity index is 3.77. The lowest BCUT2D eigenvalue weighted by Gasteiger charge is -2.09. The quantitative estimate of drug-likeness (QED) is 0.280. The Bertz CT molecular complexity index is 121. The Hall–Kier alpha value is -0.570. The van der Waals surface area contributed by atoms with Crippen molar-refractivity contribution in [1.29, 1.82) is 0 Å². The predicted molar refractivity (Wildman–Crippen MR) is 49.4 cm³/mol. The van der Waals surface area contributed by atoms with Crippen LogP contribution in [-0.4, -0.2) is 12.4 Å². The van der Waals surface area contributed by atoms with Crippen molar-refractivity contribution in [3.05, 3.63) is 0 Å². The maximum atomic E-state index is 5.28. The first-order chi connectivity index (χ1) is 5.24. The normalized spacial score (nSPS) is 14.7. The Labute approximate surface area is 69.0 Å². The lowest BCUT2D eigenvalue weighted by Crippen LogP contribution is -2.31. The summed E-state index contributed by atoms with van der Waals surface area (Å²) in [5, 5.41) is 0. The standard InChI is InChI=1S/C8H19N3/c1-4-7(3)6-8(11-9)10-5-2/h7H,4-6,9H2,1-3H3,(H,10,11). The molecule has 0 aliphatic heterocycles. The molecule has 0 aromatic carbocycles. The van der Waals surface area contributed by atoms with Crippen molar-refractivity contribution < 1.29 is 0 Å². The molecule has 3 nitrogen and oxygen atoms in total. The molecule has 0 amide bonds. The molecule has 66 valence electrons. The van der Waals surface area contributed by atoms with Crippen LogP contribution in [0, 0.1) is 5.92 Å². The van der Waals surface area contributed by atoms with Gasteiger partial charge in [0, 0.05) is 13.0 Å². The van der Waals surface area contributed by atoms with Gasteiger partial charge in [0.25, 0.3) is 0 Å². The summed E-state index contributed by atoms with van der Waals surface area (Å²) in [6, 6.07) is 0. The summed E-state index contributed by atoms with van der Waals surface area (Å²) in [7, 11) is 0. The number of rotatable bonds is 4. The molecule has 1 unspecified atom stereocenters. The fourth-order valence-electron chi connectivity index (χ4n) is 0.834. The molecule has 0 rings (SSSR count). The largest absolute Gasteiger partial charge is 0.312 e. The van der Waals surface area contributed by atoms with E-state index < -0.39 is 0 Å². The molecule has 11 heavy (non-hydrogen) atoms. The number of nitrogens with two attached hydrogens (primary N) is 1. The van der Waals surface area contributed by atoms with Crippen LogP contribution >= 0.6 is 0 Å². The zero-order chi connectivity index (χ0) is 8.69. The number of hydrazine groups is 1. The van der Waals surface area contributed by atoms with Crippen LogP contribution in [0.5, 0.6) is 0 Å². The molecular weight excluding hydrogens is 138 g/mol. The monoisotopic (exact) mass is 157 g/mol. The minimum Gasteiger partial charge on any atom is -0.312 e. The van der Waals surface area contributed by atoms with Crippen LogP contribution in [0.15, 0.2) is 4.99 Å². The van der Waals surface area contributed by atoms with Crippen molar-refractivity contribution in [2.45, 2.75) is 33.6 Å². The van der Waals surface area contributed by atoms with Gasteiger partial charge in [0.2, 0.25) is 0 Å². The van der Waals surface area contributed by atoms with Gasteiger partial charge < -0.3 is 5.43 Å². The van der Waals surface area contributed by atoms with Gasteiger partial charge >= 0.3 is 0 Å². The van der Waals surface area contributed by atoms with Crippen LogP contribution in [-0.2, 0) is 0 Å². The van der Waals surface area contributed by atoms with E-state index in [1.54, 1.807) is 0 Å². The maximum absolute atomic E-state index is 5.28. The number of hydrogen-bond donors (Lipinski definition) is 2. The summed E-state index contributed by atoms with van der Waals surface area (Å²) in [5.74, 6) is 6.86. The molecule has 0 radical (unpaired) electrons. The van der Waals surface area contributed by atoms with Gasteiger partial charge in [0.05, 0.1) is 0 Å². The molecule has 0 aliphatic carbocycles. The molecule has 0 fully saturated rings. The Kier molecular flexibility index (Phi) is 5.84. The van der Waals surface area contributed by atoms with Gasteiger partial charge in [-0.3, -0.25) is 4.99 Å². The van der Waals surface area contributed by atoms with Crippen LogP contribution in [0.25, 0.3) is 0 Å². The maximum Gasteiger partial charge on any atom is 0.110 e. The van der Waals surface area contributed by atoms with Gasteiger partial charge in [-0.1, -0.05) is 20.3 Å². The minimum atomic E-state index is 0.663. The number of hydrogen-bond acceptors (Lipinski definition) is 2. The molecular formula is C8H19N3. The van der Waals surface area contributed by atoms with E-state index in [4.69, 9.17) is 5.84 Å². The molecule has 0 aromatic rings. The van der Waals surface area contributed by atoms with E-state index >= 15 is 0 Å². The summed E-state index contributed by atoms with van der Waals surface area (Å²) in [4.78, 5) is 4.21. The second kappa shape index (κ2) is 6.16. The van der Waals surface area contributed by atoms with Crippen LogP contribution < -0.4 is 11.3 Å². The summed E-state index contributed by atoms with van der Waals surface area (Å²) in [6.07, 6.45) is 2.13. The van der Waals surface area contributed by atoms with Gasteiger partial charge in [0.15, 0.2) is 0 Å². The fourth-order valence-corrected chi connectivity index (χ4v) is 0.834. The first kappa shape index (κ1) is 10.4. The summed E-state index contributed by atoms with van der Waals surface area (Å²) in [6.45, 7) is 7.18. The SMILES string of the molecule is CCN=C(CC(C)CC)NN. The summed E-state index contributed by atoms with van der Waals surface area (Å²) >= 11 is 0. The lowest BCUT2D eigenvalue weighted by molar-refractivity contribution is 0.578. The van der Waals surface area contributed by atoms with Crippen molar-refractivity contribution in [2.24, 2.45) is 16.8 Å². The molecule has 3 N–H and O–H groups in total. The summed E-state index contributed by atoms with van der Waals surface area (Å²) < 4.78 is 0. The Morgan fingerprint density at radius 2 is 2.18 bits per heavy atom. The fraction of sp³-hybridized carbons (Fsp3) is 0.875. The molecule has 0 aliphatic rings. The predicted octanol–water partition coefficient (Wildman–Crippen LogP) is 1.30. The first-order valence-corrected chi connectivity index (χ1v) is 4.24. The van der Waals surface area contributed by atoms with Gasteiger partial charge in [-0.2, -0.15) is 0 Å². The lowest BCUT2D eigenvalue weighted by atomic mass is 10.1. The molecule has 0 aromatic heterocycles. The molecule has 0 saturated carbocycles. The first-order valence-electron chi connectivity index (χ1n) is 4.24. The van der Waals surface area contributed by atoms with E-state index in [2.05, 4.69) is 24.3 Å². The zero-order valence-corrected chi connectivity index (χ0v) is 7.72. The molecule has 0 bridgehead atoms. The highest BCUT2D eigenvalue weighted by Gasteiger charge is 2.02. The average molecular weight is 157 g/mol. The van der Waals surface area contributed by atoms with Crippen molar-refractivity contribution in [3.8, 4) is 0 Å². The van der Waals surface area contributed by atoms with E-state index in [0.29, 0.717) is 5.92 Å².